The van der Waals surface area contributed by atoms with E-state index in [-0.39, 0.29) is 23.1 Å². The van der Waals surface area contributed by atoms with Crippen LogP contribution in [0.1, 0.15) is 0 Å². The van der Waals surface area contributed by atoms with Gasteiger partial charge < -0.3 is 0 Å². The van der Waals surface area contributed by atoms with Crippen LogP contribution in [0.15, 0.2) is 0 Å². The Balaban J connectivity index is 0. The summed E-state index contributed by atoms with van der Waals surface area (Å²) in [6.07, 6.45) is 0. The second-order valence-electron chi connectivity index (χ2n) is 0.0714. The van der Waals surface area contributed by atoms with Crippen LogP contribution in [0.2, 0.25) is 0 Å². The van der Waals surface area contributed by atoms with Crippen molar-refractivity contribution in [3.63, 3.8) is 0 Å². The minimum atomic E-state index is -0.826. The minimum Gasteiger partial charge on any atom is 0 e. The Bertz CT molecular complexity index is 6.00. The van der Waals surface area contributed by atoms with Crippen molar-refractivity contribution in [2.24, 2.45) is 0 Å². The smallest absolute Gasteiger partial charge is 0 e. The molecule has 0 N–H and O–H groups in total. The second-order valence-corrected chi connectivity index (χ2v) is 4.31. The maximum atomic E-state index is 4.93. The molecule has 0 aliphatic heterocycles. The van der Waals surface area contributed by atoms with Crippen LogP contribution >= 0.6 is 17.8 Å². The molecule has 0 aromatic heterocycles. The molecule has 4 heavy (non-hydrogen) atoms. The molecule has 0 fully saturated rings. The molecule has 0 aliphatic carbocycles. The van der Waals surface area contributed by atoms with Gasteiger partial charge >= 0.3 is 36.7 Å². The van der Waals surface area contributed by atoms with Crippen molar-refractivity contribution in [2.45, 2.75) is 0 Å². The van der Waals surface area contributed by atoms with Crippen LogP contribution in [0, 0.1) is 0 Å². The van der Waals surface area contributed by atoms with Crippen molar-refractivity contribution in [2.75, 3.05) is 0 Å². The zero-order valence-electron chi connectivity index (χ0n) is 1.96. The number of hydrogen-bond acceptors (Lipinski definition) is 0. The van der Waals surface area contributed by atoms with Gasteiger partial charge in [0.25, 0.3) is 0 Å². The molecule has 0 atom stereocenters. The van der Waals surface area contributed by atoms with E-state index < -0.39 is 18.9 Å². The average molecular weight is 214 g/mol. The molecule has 0 heterocycles. The molecule has 0 aromatic rings. The van der Waals surface area contributed by atoms with E-state index in [1.807, 2.05) is 0 Å². The van der Waals surface area contributed by atoms with Gasteiger partial charge in [0, 0.05) is 23.1 Å². The summed E-state index contributed by atoms with van der Waals surface area (Å²) in [6.45, 7) is 0. The van der Waals surface area contributed by atoms with Crippen LogP contribution in [0.25, 0.3) is 0 Å². The third-order valence-corrected chi connectivity index (χ3v) is 0. The van der Waals surface area contributed by atoms with Crippen LogP contribution < -0.4 is 0 Å². The van der Waals surface area contributed by atoms with Crippen LogP contribution in [0.3, 0.4) is 0 Å². The molecule has 4 radical (unpaired) electrons. The van der Waals surface area contributed by atoms with Gasteiger partial charge in [0.15, 0.2) is 0 Å². The molecule has 0 saturated carbocycles. The first-order valence-electron chi connectivity index (χ1n) is 0.378. The summed E-state index contributed by atoms with van der Waals surface area (Å²) in [6, 6.07) is 0. The summed E-state index contributed by atoms with van der Waals surface area (Å²) in [5, 5.41) is 0. The van der Waals surface area contributed by atoms with Gasteiger partial charge in [-0.05, 0) is 0 Å². The van der Waals surface area contributed by atoms with Crippen LogP contribution in [-0.4, -0.2) is 41.9 Å². The molecule has 20 valence electrons. The number of halogens is 2. The van der Waals surface area contributed by atoms with Crippen LogP contribution in [0.5, 0.6) is 0 Å². The van der Waals surface area contributed by atoms with E-state index in [2.05, 4.69) is 0 Å². The van der Waals surface area contributed by atoms with Crippen molar-refractivity contribution in [3.05, 3.63) is 0 Å². The van der Waals surface area contributed by atoms with E-state index in [9.17, 15) is 0 Å². The quantitative estimate of drug-likeness (QED) is 0.518. The molecule has 0 aliphatic rings. The molecular formula is Cl2MgSn. The fourth-order valence-electron chi connectivity index (χ4n) is 0. The van der Waals surface area contributed by atoms with Crippen molar-refractivity contribution in [3.8, 4) is 0 Å². The molecule has 0 nitrogen and oxygen atoms in total. The predicted octanol–water partition coefficient (Wildman–Crippen LogP) is 0.617. The molecular weight excluding hydrogens is 214 g/mol. The summed E-state index contributed by atoms with van der Waals surface area (Å²) in [4.78, 5) is 0. The maximum absolute atomic E-state index is 4.93. The van der Waals surface area contributed by atoms with E-state index >= 15 is 0 Å². The van der Waals surface area contributed by atoms with Gasteiger partial charge in [-0.1, -0.05) is 0 Å². The van der Waals surface area contributed by atoms with Crippen LogP contribution in [0.4, 0.5) is 0 Å². The molecule has 0 bridgehead atoms. The number of rotatable bonds is 0. The Labute approximate surface area is 59.0 Å². The van der Waals surface area contributed by atoms with E-state index in [0.717, 1.165) is 0 Å². The third-order valence-electron chi connectivity index (χ3n) is 0. The Morgan fingerprint density at radius 3 is 1.25 bits per heavy atom. The topological polar surface area (TPSA) is 0 Å². The normalized spacial score (nSPS) is 4.50. The molecule has 0 saturated heterocycles. The Morgan fingerprint density at radius 1 is 1.25 bits per heavy atom. The van der Waals surface area contributed by atoms with Crippen molar-refractivity contribution in [1.29, 1.82) is 0 Å². The minimum absolute atomic E-state index is 0. The first kappa shape index (κ1) is 9.47. The van der Waals surface area contributed by atoms with Gasteiger partial charge in [-0.15, -0.1) is 0 Å². The zero-order valence-corrected chi connectivity index (χ0v) is 7.74. The van der Waals surface area contributed by atoms with Crippen molar-refractivity contribution >= 4 is 59.8 Å². The molecule has 0 unspecified atom stereocenters. The van der Waals surface area contributed by atoms with Crippen molar-refractivity contribution < 1.29 is 0 Å². The SMILES string of the molecule is [Cl][Sn][Cl].[Mg]. The Kier molecular flexibility index (Phi) is 21.2. The largest absolute Gasteiger partial charge is 0 e. The van der Waals surface area contributed by atoms with Gasteiger partial charge in [0.05, 0.1) is 0 Å². The van der Waals surface area contributed by atoms with Gasteiger partial charge in [-0.25, -0.2) is 0 Å². The average Bonchev–Trinajstić information content (AvgIpc) is 0.918. The Morgan fingerprint density at radius 2 is 1.25 bits per heavy atom. The monoisotopic (exact) mass is 214 g/mol. The third kappa shape index (κ3) is 8.91. The fraction of sp³-hybridized carbons (Fsp3) is 0. The fourth-order valence-corrected chi connectivity index (χ4v) is 0. The second kappa shape index (κ2) is 8.94. The standard InChI is InChI=1S/2ClH.Mg.Sn/h2*1H;;/q;;;+2/p-2. The molecule has 0 aromatic carbocycles. The number of hydrogen-bond donors (Lipinski definition) is 0. The predicted molar refractivity (Wildman–Crippen MR) is 23.2 cm³/mol. The van der Waals surface area contributed by atoms with Gasteiger partial charge in [0.1, 0.15) is 0 Å². The zero-order chi connectivity index (χ0) is 2.71. The van der Waals surface area contributed by atoms with Gasteiger partial charge in [-0.2, -0.15) is 0 Å². The maximum Gasteiger partial charge on any atom is 0 e. The Hall–Kier alpha value is 2.14. The first-order valence-corrected chi connectivity index (χ1v) is 7.61. The molecule has 0 spiro atoms. The van der Waals surface area contributed by atoms with E-state index in [1.54, 1.807) is 0 Å². The summed E-state index contributed by atoms with van der Waals surface area (Å²) in [5.41, 5.74) is 0. The summed E-state index contributed by atoms with van der Waals surface area (Å²) in [7, 11) is 9.87. The molecule has 4 heteroatoms. The van der Waals surface area contributed by atoms with Crippen LogP contribution in [-0.2, 0) is 0 Å². The van der Waals surface area contributed by atoms with Gasteiger partial charge in [-0.3, -0.25) is 0 Å². The van der Waals surface area contributed by atoms with E-state index in [1.165, 1.54) is 0 Å². The molecule has 0 rings (SSSR count). The van der Waals surface area contributed by atoms with E-state index in [4.69, 9.17) is 17.8 Å². The first-order chi connectivity index (χ1) is 1.41. The van der Waals surface area contributed by atoms with Gasteiger partial charge in [0.2, 0.25) is 0 Å². The van der Waals surface area contributed by atoms with E-state index in [0.29, 0.717) is 0 Å². The summed E-state index contributed by atoms with van der Waals surface area (Å²) in [5.74, 6) is 0. The summed E-state index contributed by atoms with van der Waals surface area (Å²) >= 11 is -0.826. The molecule has 0 amide bonds. The summed E-state index contributed by atoms with van der Waals surface area (Å²) < 4.78 is 0. The van der Waals surface area contributed by atoms with Crippen molar-refractivity contribution in [1.82, 2.24) is 0 Å².